The van der Waals surface area contributed by atoms with Crippen molar-refractivity contribution >= 4 is 0 Å². The van der Waals surface area contributed by atoms with Gasteiger partial charge < -0.3 is 0 Å². The van der Waals surface area contributed by atoms with E-state index in [1.807, 2.05) is 10.9 Å². The summed E-state index contributed by atoms with van der Waals surface area (Å²) in [5.41, 5.74) is 3.94. The van der Waals surface area contributed by atoms with Crippen molar-refractivity contribution in [2.24, 2.45) is 0 Å². The van der Waals surface area contributed by atoms with Gasteiger partial charge in [0.1, 0.15) is 0 Å². The molecule has 0 unspecified atom stereocenters. The average molecular weight is 214 g/mol. The molecule has 1 heterocycles. The summed E-state index contributed by atoms with van der Waals surface area (Å²) in [6.45, 7) is 5.13. The Balaban J connectivity index is 2.05. The molecule has 2 nitrogen and oxygen atoms in total. The first kappa shape index (κ1) is 10.9. The van der Waals surface area contributed by atoms with E-state index in [-0.39, 0.29) is 0 Å². The van der Waals surface area contributed by atoms with Gasteiger partial charge in [-0.25, -0.2) is 0 Å². The van der Waals surface area contributed by atoms with Crippen LogP contribution in [-0.2, 0) is 13.0 Å². The third-order valence-corrected chi connectivity index (χ3v) is 2.67. The minimum absolute atomic E-state index is 0.861. The maximum atomic E-state index is 4.29. The lowest BCUT2D eigenvalue weighted by Crippen LogP contribution is -1.99. The molecule has 0 saturated heterocycles. The molecule has 0 aliphatic carbocycles. The quantitative estimate of drug-likeness (QED) is 0.764. The number of aromatic nitrogens is 2. The monoisotopic (exact) mass is 214 g/mol. The van der Waals surface area contributed by atoms with Gasteiger partial charge in [0.15, 0.2) is 0 Å². The zero-order chi connectivity index (χ0) is 11.4. The van der Waals surface area contributed by atoms with E-state index in [4.69, 9.17) is 0 Å². The van der Waals surface area contributed by atoms with Crippen molar-refractivity contribution < 1.29 is 0 Å². The summed E-state index contributed by atoms with van der Waals surface area (Å²) < 4.78 is 1.98. The van der Waals surface area contributed by atoms with Crippen LogP contribution in [0.5, 0.6) is 0 Å². The fourth-order valence-electron chi connectivity index (χ4n) is 1.84. The van der Waals surface area contributed by atoms with Crippen LogP contribution in [0.4, 0.5) is 0 Å². The van der Waals surface area contributed by atoms with Gasteiger partial charge in [0, 0.05) is 6.20 Å². The summed E-state index contributed by atoms with van der Waals surface area (Å²) in [6.07, 6.45) is 6.34. The Bertz CT molecular complexity index is 440. The fraction of sp³-hybridized carbons (Fsp3) is 0.357. The van der Waals surface area contributed by atoms with Crippen LogP contribution in [0.2, 0.25) is 0 Å². The highest BCUT2D eigenvalue weighted by Crippen LogP contribution is 2.08. The number of hydrogen-bond donors (Lipinski definition) is 0. The van der Waals surface area contributed by atoms with Crippen molar-refractivity contribution in [3.63, 3.8) is 0 Å². The first-order valence-electron chi connectivity index (χ1n) is 5.85. The minimum Gasteiger partial charge on any atom is -0.268 e. The first-order chi connectivity index (χ1) is 7.78. The summed E-state index contributed by atoms with van der Waals surface area (Å²) in [5, 5.41) is 4.29. The van der Waals surface area contributed by atoms with Crippen LogP contribution in [0, 0.1) is 6.92 Å². The van der Waals surface area contributed by atoms with Crippen molar-refractivity contribution in [3.05, 3.63) is 53.3 Å². The topological polar surface area (TPSA) is 17.8 Å². The molecule has 2 aromatic rings. The molecule has 84 valence electrons. The number of hydrogen-bond acceptors (Lipinski definition) is 1. The van der Waals surface area contributed by atoms with Gasteiger partial charge in [-0.3, -0.25) is 4.68 Å². The second-order valence-corrected chi connectivity index (χ2v) is 4.28. The highest BCUT2D eigenvalue weighted by atomic mass is 15.3. The van der Waals surface area contributed by atoms with Crippen LogP contribution in [0.25, 0.3) is 0 Å². The lowest BCUT2D eigenvalue weighted by atomic mass is 10.1. The van der Waals surface area contributed by atoms with Crippen LogP contribution in [0.15, 0.2) is 36.7 Å². The first-order valence-corrected chi connectivity index (χ1v) is 5.85. The molecule has 1 aromatic carbocycles. The molecule has 1 aromatic heterocycles. The molecule has 0 fully saturated rings. The molecule has 0 aliphatic heterocycles. The summed E-state index contributed by atoms with van der Waals surface area (Å²) in [4.78, 5) is 0. The normalized spacial score (nSPS) is 10.6. The standard InChI is InChI=1S/C14H18N2/c1-3-4-13-5-7-14(8-6-13)11-16-10-12(2)9-15-16/h5-10H,3-4,11H2,1-2H3. The summed E-state index contributed by atoms with van der Waals surface area (Å²) in [7, 11) is 0. The van der Waals surface area contributed by atoms with Gasteiger partial charge in [0.2, 0.25) is 0 Å². The van der Waals surface area contributed by atoms with E-state index >= 15 is 0 Å². The molecule has 16 heavy (non-hydrogen) atoms. The van der Waals surface area contributed by atoms with E-state index in [0.29, 0.717) is 0 Å². The lowest BCUT2D eigenvalue weighted by Gasteiger charge is -2.03. The van der Waals surface area contributed by atoms with Crippen LogP contribution < -0.4 is 0 Å². The SMILES string of the molecule is CCCc1ccc(Cn2cc(C)cn2)cc1. The van der Waals surface area contributed by atoms with Gasteiger partial charge in [-0.05, 0) is 30.0 Å². The molecule has 0 bridgehead atoms. The highest BCUT2D eigenvalue weighted by Gasteiger charge is 1.97. The summed E-state index contributed by atoms with van der Waals surface area (Å²) in [5.74, 6) is 0. The third-order valence-electron chi connectivity index (χ3n) is 2.67. The molecule has 0 N–H and O–H groups in total. The largest absolute Gasteiger partial charge is 0.268 e. The Morgan fingerprint density at radius 3 is 2.38 bits per heavy atom. The zero-order valence-corrected chi connectivity index (χ0v) is 9.98. The molecule has 0 spiro atoms. The number of aryl methyl sites for hydroxylation is 2. The van der Waals surface area contributed by atoms with Gasteiger partial charge in [0.25, 0.3) is 0 Å². The van der Waals surface area contributed by atoms with Gasteiger partial charge >= 0.3 is 0 Å². The van der Waals surface area contributed by atoms with Crippen molar-refractivity contribution in [1.82, 2.24) is 9.78 Å². The van der Waals surface area contributed by atoms with E-state index in [0.717, 1.165) is 6.54 Å². The minimum atomic E-state index is 0.861. The van der Waals surface area contributed by atoms with Gasteiger partial charge in [-0.2, -0.15) is 5.10 Å². The van der Waals surface area contributed by atoms with E-state index < -0.39 is 0 Å². The lowest BCUT2D eigenvalue weighted by molar-refractivity contribution is 0.686. The van der Waals surface area contributed by atoms with Crippen LogP contribution in [0.3, 0.4) is 0 Å². The number of rotatable bonds is 4. The summed E-state index contributed by atoms with van der Waals surface area (Å²) in [6, 6.07) is 8.83. The molecule has 0 amide bonds. The predicted octanol–water partition coefficient (Wildman–Crippen LogP) is 3.19. The van der Waals surface area contributed by atoms with Gasteiger partial charge in [-0.1, -0.05) is 37.6 Å². The maximum Gasteiger partial charge on any atom is 0.0659 e. The molecular weight excluding hydrogens is 196 g/mol. The third kappa shape index (κ3) is 2.72. The highest BCUT2D eigenvalue weighted by molar-refractivity contribution is 5.22. The smallest absolute Gasteiger partial charge is 0.0659 e. The van der Waals surface area contributed by atoms with Gasteiger partial charge in [-0.15, -0.1) is 0 Å². The molecule has 0 radical (unpaired) electrons. The van der Waals surface area contributed by atoms with Crippen molar-refractivity contribution in [2.75, 3.05) is 0 Å². The van der Waals surface area contributed by atoms with Crippen LogP contribution in [-0.4, -0.2) is 9.78 Å². The Morgan fingerprint density at radius 2 is 1.81 bits per heavy atom. The maximum absolute atomic E-state index is 4.29. The van der Waals surface area contributed by atoms with E-state index in [1.165, 1.54) is 29.5 Å². The van der Waals surface area contributed by atoms with Crippen LogP contribution in [0.1, 0.15) is 30.0 Å². The Labute approximate surface area is 96.9 Å². The second-order valence-electron chi connectivity index (χ2n) is 4.28. The molecule has 0 aliphatic rings. The zero-order valence-electron chi connectivity index (χ0n) is 9.98. The summed E-state index contributed by atoms with van der Waals surface area (Å²) >= 11 is 0. The number of nitrogens with zero attached hydrogens (tertiary/aromatic N) is 2. The predicted molar refractivity (Wildman–Crippen MR) is 66.5 cm³/mol. The van der Waals surface area contributed by atoms with Crippen molar-refractivity contribution in [1.29, 1.82) is 0 Å². The Hall–Kier alpha value is -1.57. The molecular formula is C14H18N2. The molecule has 0 atom stereocenters. The van der Waals surface area contributed by atoms with E-state index in [1.54, 1.807) is 0 Å². The fourth-order valence-corrected chi connectivity index (χ4v) is 1.84. The van der Waals surface area contributed by atoms with Crippen molar-refractivity contribution in [2.45, 2.75) is 33.2 Å². The Morgan fingerprint density at radius 1 is 1.12 bits per heavy atom. The molecule has 2 rings (SSSR count). The molecule has 0 saturated carbocycles. The Kier molecular flexibility index (Phi) is 3.40. The number of benzene rings is 1. The van der Waals surface area contributed by atoms with Crippen molar-refractivity contribution in [3.8, 4) is 0 Å². The van der Waals surface area contributed by atoms with Crippen LogP contribution >= 0.6 is 0 Å². The van der Waals surface area contributed by atoms with E-state index in [9.17, 15) is 0 Å². The second kappa shape index (κ2) is 4.97. The molecule has 2 heteroatoms. The average Bonchev–Trinajstić information content (AvgIpc) is 2.67. The van der Waals surface area contributed by atoms with E-state index in [2.05, 4.69) is 49.4 Å². The van der Waals surface area contributed by atoms with Gasteiger partial charge in [0.05, 0.1) is 12.7 Å².